The largest absolute Gasteiger partial charge is 0.321 e. The Kier molecular flexibility index (Phi) is 4.33. The fourth-order valence-electron chi connectivity index (χ4n) is 2.76. The third-order valence-electron chi connectivity index (χ3n) is 4.08. The fourth-order valence-corrected chi connectivity index (χ4v) is 2.94. The predicted octanol–water partition coefficient (Wildman–Crippen LogP) is 4.75. The number of aryl methyl sites for hydroxylation is 1. The molecule has 0 atom stereocenters. The maximum absolute atomic E-state index is 13.3. The van der Waals surface area contributed by atoms with E-state index in [2.05, 4.69) is 15.4 Å². The van der Waals surface area contributed by atoms with Gasteiger partial charge in [-0.25, -0.2) is 13.9 Å². The van der Waals surface area contributed by atoms with E-state index in [0.717, 1.165) is 17.0 Å². The summed E-state index contributed by atoms with van der Waals surface area (Å²) in [5, 5.41) is 6.92. The van der Waals surface area contributed by atoms with Crippen LogP contribution >= 0.6 is 11.6 Å². The van der Waals surface area contributed by atoms with E-state index in [1.807, 2.05) is 43.3 Å². The van der Waals surface area contributed by atoms with E-state index in [1.54, 1.807) is 10.6 Å². The highest BCUT2D eigenvalue weighted by atomic mass is 35.5. The Balaban J connectivity index is 1.67. The molecule has 0 spiro atoms. The Morgan fingerprint density at radius 1 is 1.11 bits per heavy atom. The third kappa shape index (κ3) is 3.39. The van der Waals surface area contributed by atoms with Gasteiger partial charge in [0.2, 0.25) is 0 Å². The zero-order valence-corrected chi connectivity index (χ0v) is 15.0. The van der Waals surface area contributed by atoms with Crippen LogP contribution in [0.25, 0.3) is 16.9 Å². The van der Waals surface area contributed by atoms with Gasteiger partial charge in [-0.1, -0.05) is 41.9 Å². The summed E-state index contributed by atoms with van der Waals surface area (Å²) in [6, 6.07) is 17.3. The predicted molar refractivity (Wildman–Crippen MR) is 103 cm³/mol. The van der Waals surface area contributed by atoms with E-state index < -0.39 is 11.7 Å². The van der Waals surface area contributed by atoms with Crippen molar-refractivity contribution in [2.75, 3.05) is 5.32 Å². The molecule has 4 rings (SSSR count). The van der Waals surface area contributed by atoms with Crippen LogP contribution < -0.4 is 5.32 Å². The first-order valence-electron chi connectivity index (χ1n) is 8.20. The highest BCUT2D eigenvalue weighted by Crippen LogP contribution is 2.22. The standard InChI is InChI=1S/C20H14ClFN4O/c1-12-9-17(13-5-3-2-4-6-13)24-19-11-18(25-26(12)19)20(27)23-14-7-8-16(22)15(21)10-14/h2-11H,1H3,(H,23,27). The number of carbonyl (C=O) groups is 1. The van der Waals surface area contributed by atoms with Crippen LogP contribution in [0.15, 0.2) is 60.7 Å². The maximum atomic E-state index is 13.3. The fraction of sp³-hybridized carbons (Fsp3) is 0.0500. The summed E-state index contributed by atoms with van der Waals surface area (Å²) < 4.78 is 14.9. The first-order valence-corrected chi connectivity index (χ1v) is 8.58. The van der Waals surface area contributed by atoms with Gasteiger partial charge in [-0.15, -0.1) is 0 Å². The van der Waals surface area contributed by atoms with Crippen molar-refractivity contribution in [1.29, 1.82) is 0 Å². The number of hydrogen-bond acceptors (Lipinski definition) is 3. The molecule has 0 saturated heterocycles. The summed E-state index contributed by atoms with van der Waals surface area (Å²) in [7, 11) is 0. The quantitative estimate of drug-likeness (QED) is 0.558. The second-order valence-electron chi connectivity index (χ2n) is 6.03. The molecule has 5 nitrogen and oxygen atoms in total. The monoisotopic (exact) mass is 380 g/mol. The second-order valence-corrected chi connectivity index (χ2v) is 6.44. The summed E-state index contributed by atoms with van der Waals surface area (Å²) >= 11 is 5.75. The van der Waals surface area contributed by atoms with Gasteiger partial charge < -0.3 is 5.32 Å². The van der Waals surface area contributed by atoms with Gasteiger partial charge in [-0.05, 0) is 31.2 Å². The molecule has 0 aliphatic heterocycles. The normalized spacial score (nSPS) is 10.9. The van der Waals surface area contributed by atoms with Crippen LogP contribution in [-0.2, 0) is 0 Å². The lowest BCUT2D eigenvalue weighted by Gasteiger charge is -2.04. The lowest BCUT2D eigenvalue weighted by molar-refractivity contribution is 0.102. The summed E-state index contributed by atoms with van der Waals surface area (Å²) in [5.41, 5.74) is 3.79. The molecule has 2 heterocycles. The van der Waals surface area contributed by atoms with Gasteiger partial charge in [-0.2, -0.15) is 5.10 Å². The first-order chi connectivity index (χ1) is 13.0. The molecule has 7 heteroatoms. The molecular weight excluding hydrogens is 367 g/mol. The number of nitrogens with zero attached hydrogens (tertiary/aromatic N) is 3. The van der Waals surface area contributed by atoms with Gasteiger partial charge >= 0.3 is 0 Å². The number of nitrogens with one attached hydrogen (secondary N) is 1. The van der Waals surface area contributed by atoms with Crippen molar-refractivity contribution >= 4 is 28.8 Å². The molecule has 4 aromatic rings. The van der Waals surface area contributed by atoms with Crippen LogP contribution in [0.1, 0.15) is 16.2 Å². The zero-order chi connectivity index (χ0) is 19.0. The van der Waals surface area contributed by atoms with Crippen LogP contribution in [0.3, 0.4) is 0 Å². The Labute approximate surface area is 159 Å². The highest BCUT2D eigenvalue weighted by Gasteiger charge is 2.15. The smallest absolute Gasteiger partial charge is 0.276 e. The SMILES string of the molecule is Cc1cc(-c2ccccc2)nc2cc(C(=O)Nc3ccc(F)c(Cl)c3)nn12. The Hall–Kier alpha value is -3.25. The van der Waals surface area contributed by atoms with Gasteiger partial charge in [0, 0.05) is 23.0 Å². The molecule has 2 aromatic heterocycles. The van der Waals surface area contributed by atoms with E-state index in [0.29, 0.717) is 11.3 Å². The molecule has 134 valence electrons. The lowest BCUT2D eigenvalue weighted by Crippen LogP contribution is -2.12. The average Bonchev–Trinajstić information content (AvgIpc) is 3.10. The van der Waals surface area contributed by atoms with Crippen LogP contribution in [0, 0.1) is 12.7 Å². The minimum Gasteiger partial charge on any atom is -0.321 e. The van der Waals surface area contributed by atoms with Gasteiger partial charge in [-0.3, -0.25) is 4.79 Å². The number of hydrogen-bond donors (Lipinski definition) is 1. The molecule has 0 aliphatic carbocycles. The summed E-state index contributed by atoms with van der Waals surface area (Å²) in [6.45, 7) is 1.90. The Bertz CT molecular complexity index is 1160. The van der Waals surface area contributed by atoms with Gasteiger partial charge in [0.1, 0.15) is 5.82 Å². The molecule has 27 heavy (non-hydrogen) atoms. The van der Waals surface area contributed by atoms with Crippen LogP contribution in [0.2, 0.25) is 5.02 Å². The number of aromatic nitrogens is 3. The number of anilines is 1. The van der Waals surface area contributed by atoms with E-state index in [-0.39, 0.29) is 10.7 Å². The van der Waals surface area contributed by atoms with E-state index in [1.165, 1.54) is 18.2 Å². The number of carbonyl (C=O) groups excluding carboxylic acids is 1. The topological polar surface area (TPSA) is 59.3 Å². The van der Waals surface area contributed by atoms with E-state index >= 15 is 0 Å². The highest BCUT2D eigenvalue weighted by molar-refractivity contribution is 6.31. The molecule has 0 bridgehead atoms. The van der Waals surface area contributed by atoms with Crippen molar-refractivity contribution in [1.82, 2.24) is 14.6 Å². The van der Waals surface area contributed by atoms with Crippen molar-refractivity contribution in [2.24, 2.45) is 0 Å². The van der Waals surface area contributed by atoms with E-state index in [9.17, 15) is 9.18 Å². The summed E-state index contributed by atoms with van der Waals surface area (Å²) in [6.07, 6.45) is 0. The number of amides is 1. The maximum Gasteiger partial charge on any atom is 0.276 e. The summed E-state index contributed by atoms with van der Waals surface area (Å²) in [5.74, 6) is -0.973. The Morgan fingerprint density at radius 2 is 1.89 bits per heavy atom. The van der Waals surface area contributed by atoms with Crippen LogP contribution in [0.4, 0.5) is 10.1 Å². The van der Waals surface area contributed by atoms with Crippen molar-refractivity contribution < 1.29 is 9.18 Å². The molecule has 0 fully saturated rings. The van der Waals surface area contributed by atoms with Crippen molar-refractivity contribution in [3.63, 3.8) is 0 Å². The molecule has 0 unspecified atom stereocenters. The lowest BCUT2D eigenvalue weighted by atomic mass is 10.1. The van der Waals surface area contributed by atoms with Gasteiger partial charge in [0.15, 0.2) is 11.3 Å². The van der Waals surface area contributed by atoms with Crippen molar-refractivity contribution in [3.8, 4) is 11.3 Å². The molecule has 0 saturated carbocycles. The number of rotatable bonds is 3. The average molecular weight is 381 g/mol. The third-order valence-corrected chi connectivity index (χ3v) is 4.37. The van der Waals surface area contributed by atoms with Gasteiger partial charge in [0.25, 0.3) is 5.91 Å². The van der Waals surface area contributed by atoms with Crippen molar-refractivity contribution in [3.05, 3.63) is 82.9 Å². The van der Waals surface area contributed by atoms with Crippen molar-refractivity contribution in [2.45, 2.75) is 6.92 Å². The number of halogens is 2. The molecule has 0 radical (unpaired) electrons. The zero-order valence-electron chi connectivity index (χ0n) is 14.3. The molecule has 1 amide bonds. The van der Waals surface area contributed by atoms with Crippen LogP contribution in [0.5, 0.6) is 0 Å². The van der Waals surface area contributed by atoms with E-state index in [4.69, 9.17) is 11.6 Å². The first kappa shape index (κ1) is 17.2. The molecule has 2 aromatic carbocycles. The Morgan fingerprint density at radius 3 is 2.63 bits per heavy atom. The summed E-state index contributed by atoms with van der Waals surface area (Å²) in [4.78, 5) is 17.1. The molecular formula is C20H14ClFN4O. The second kappa shape index (κ2) is 6.81. The number of fused-ring (bicyclic) bond motifs is 1. The minimum absolute atomic E-state index is 0.0622. The molecule has 1 N–H and O–H groups in total. The minimum atomic E-state index is -0.546. The van der Waals surface area contributed by atoms with Gasteiger partial charge in [0.05, 0.1) is 10.7 Å². The molecule has 0 aliphatic rings. The number of benzene rings is 2. The van der Waals surface area contributed by atoms with Crippen LogP contribution in [-0.4, -0.2) is 20.5 Å².